The Kier molecular flexibility index (Phi) is 4.48. The number of likely N-dealkylation sites (tertiary alicyclic amines) is 1. The molecule has 1 aliphatic rings. The molecule has 0 bridgehead atoms. The van der Waals surface area contributed by atoms with Gasteiger partial charge in [0.1, 0.15) is 5.75 Å². The average molecular weight is 263 g/mol. The molecule has 1 aliphatic heterocycles. The molecule has 1 fully saturated rings. The molecule has 1 aromatic rings. The van der Waals surface area contributed by atoms with Crippen molar-refractivity contribution < 1.29 is 9.84 Å². The fraction of sp³-hybridized carbons (Fsp3) is 0.625. The van der Waals surface area contributed by atoms with E-state index in [9.17, 15) is 5.11 Å². The Bertz CT molecular complexity index is 423. The van der Waals surface area contributed by atoms with E-state index in [4.69, 9.17) is 4.74 Å². The number of methoxy groups -OCH3 is 1. The number of aliphatic hydroxyl groups is 1. The van der Waals surface area contributed by atoms with Crippen LogP contribution in [0, 0.1) is 6.92 Å². The first kappa shape index (κ1) is 14.4. The Morgan fingerprint density at radius 1 is 1.32 bits per heavy atom. The summed E-state index contributed by atoms with van der Waals surface area (Å²) in [6.07, 6.45) is 2.74. The quantitative estimate of drug-likeness (QED) is 0.906. The number of aryl methyl sites for hydroxylation is 1. The van der Waals surface area contributed by atoms with Gasteiger partial charge in [0.05, 0.1) is 12.7 Å². The first-order valence-electron chi connectivity index (χ1n) is 7.19. The molecule has 0 radical (unpaired) electrons. The Morgan fingerprint density at radius 2 is 2.00 bits per heavy atom. The average Bonchev–Trinajstić information content (AvgIpc) is 2.42. The lowest BCUT2D eigenvalue weighted by molar-refractivity contribution is -0.0273. The zero-order chi connectivity index (χ0) is 13.9. The maximum absolute atomic E-state index is 11.0. The van der Waals surface area contributed by atoms with E-state index in [2.05, 4.69) is 24.8 Å². The number of hydrogen-bond acceptors (Lipinski definition) is 3. The molecule has 1 saturated heterocycles. The summed E-state index contributed by atoms with van der Waals surface area (Å²) in [6, 6.07) is 6.05. The second-order valence-corrected chi connectivity index (χ2v) is 5.58. The van der Waals surface area contributed by atoms with Gasteiger partial charge in [-0.15, -0.1) is 0 Å². The molecule has 3 nitrogen and oxygen atoms in total. The smallest absolute Gasteiger partial charge is 0.124 e. The van der Waals surface area contributed by atoms with E-state index in [1.165, 1.54) is 12.0 Å². The number of hydrogen-bond donors (Lipinski definition) is 1. The van der Waals surface area contributed by atoms with Crippen LogP contribution in [0.1, 0.15) is 37.3 Å². The summed E-state index contributed by atoms with van der Waals surface area (Å²) in [5.74, 6) is 0.803. The third-order valence-electron chi connectivity index (χ3n) is 4.08. The highest BCUT2D eigenvalue weighted by molar-refractivity contribution is 5.41. The topological polar surface area (TPSA) is 32.7 Å². The van der Waals surface area contributed by atoms with Gasteiger partial charge < -0.3 is 14.7 Å². The number of benzene rings is 1. The zero-order valence-corrected chi connectivity index (χ0v) is 12.3. The number of ether oxygens (including phenoxy) is 1. The molecule has 0 amide bonds. The Hall–Kier alpha value is -1.06. The van der Waals surface area contributed by atoms with Crippen LogP contribution in [0.3, 0.4) is 0 Å². The summed E-state index contributed by atoms with van der Waals surface area (Å²) < 4.78 is 5.42. The van der Waals surface area contributed by atoms with Gasteiger partial charge in [0.2, 0.25) is 0 Å². The molecule has 0 saturated carbocycles. The van der Waals surface area contributed by atoms with Crippen molar-refractivity contribution >= 4 is 0 Å². The molecular formula is C16H25NO2. The number of rotatable bonds is 4. The van der Waals surface area contributed by atoms with Crippen LogP contribution in [0.4, 0.5) is 0 Å². The van der Waals surface area contributed by atoms with Crippen molar-refractivity contribution in [2.24, 2.45) is 0 Å². The normalized spacial score (nSPS) is 19.4. The molecule has 106 valence electrons. The van der Waals surface area contributed by atoms with Crippen molar-refractivity contribution in [2.75, 3.05) is 26.7 Å². The molecule has 3 heteroatoms. The van der Waals surface area contributed by atoms with Gasteiger partial charge in [0.15, 0.2) is 0 Å². The second kappa shape index (κ2) is 5.93. The molecule has 1 heterocycles. The summed E-state index contributed by atoms with van der Waals surface area (Å²) in [6.45, 7) is 7.30. The van der Waals surface area contributed by atoms with Gasteiger partial charge in [-0.05, 0) is 44.9 Å². The maximum atomic E-state index is 11.0. The lowest BCUT2D eigenvalue weighted by Crippen LogP contribution is -2.43. The first-order valence-corrected chi connectivity index (χ1v) is 7.19. The van der Waals surface area contributed by atoms with Crippen LogP contribution in [-0.4, -0.2) is 36.8 Å². The van der Waals surface area contributed by atoms with E-state index in [0.29, 0.717) is 0 Å². The van der Waals surface area contributed by atoms with E-state index < -0.39 is 5.60 Å². The molecule has 1 aromatic carbocycles. The monoisotopic (exact) mass is 263 g/mol. The minimum absolute atomic E-state index is 0.735. The third-order valence-corrected chi connectivity index (χ3v) is 4.08. The minimum Gasteiger partial charge on any atom is -0.496 e. The van der Waals surface area contributed by atoms with Crippen molar-refractivity contribution in [1.29, 1.82) is 0 Å². The fourth-order valence-corrected chi connectivity index (χ4v) is 2.92. The van der Waals surface area contributed by atoms with Gasteiger partial charge in [0.25, 0.3) is 0 Å². The first-order chi connectivity index (χ1) is 9.09. The molecule has 0 aromatic heterocycles. The largest absolute Gasteiger partial charge is 0.496 e. The van der Waals surface area contributed by atoms with Crippen LogP contribution in [0.25, 0.3) is 0 Å². The molecule has 0 aliphatic carbocycles. The Morgan fingerprint density at radius 3 is 2.58 bits per heavy atom. The van der Waals surface area contributed by atoms with E-state index in [-0.39, 0.29) is 0 Å². The summed E-state index contributed by atoms with van der Waals surface area (Å²) in [4.78, 5) is 2.43. The van der Waals surface area contributed by atoms with Crippen molar-refractivity contribution in [2.45, 2.75) is 38.7 Å². The van der Waals surface area contributed by atoms with Crippen LogP contribution >= 0.6 is 0 Å². The van der Waals surface area contributed by atoms with Crippen LogP contribution in [-0.2, 0) is 5.60 Å². The third kappa shape index (κ3) is 3.10. The highest BCUT2D eigenvalue weighted by atomic mass is 16.5. The van der Waals surface area contributed by atoms with E-state index in [1.807, 2.05) is 12.1 Å². The van der Waals surface area contributed by atoms with Crippen molar-refractivity contribution in [1.82, 2.24) is 4.90 Å². The molecule has 0 atom stereocenters. The predicted molar refractivity (Wildman–Crippen MR) is 77.6 cm³/mol. The van der Waals surface area contributed by atoms with Gasteiger partial charge in [-0.3, -0.25) is 0 Å². The van der Waals surface area contributed by atoms with Gasteiger partial charge in [0, 0.05) is 18.7 Å². The minimum atomic E-state index is -0.735. The molecular weight excluding hydrogens is 238 g/mol. The summed E-state index contributed by atoms with van der Waals surface area (Å²) in [5, 5.41) is 11.0. The number of piperidine rings is 1. The SMILES string of the molecule is CCCN1CCC(O)(c2cc(C)ccc2OC)CC1. The molecule has 19 heavy (non-hydrogen) atoms. The van der Waals surface area contributed by atoms with Gasteiger partial charge >= 0.3 is 0 Å². The van der Waals surface area contributed by atoms with E-state index in [1.54, 1.807) is 7.11 Å². The van der Waals surface area contributed by atoms with Gasteiger partial charge in [-0.1, -0.05) is 18.6 Å². The molecule has 0 spiro atoms. The van der Waals surface area contributed by atoms with Crippen LogP contribution in [0.15, 0.2) is 18.2 Å². The van der Waals surface area contributed by atoms with Crippen LogP contribution < -0.4 is 4.74 Å². The second-order valence-electron chi connectivity index (χ2n) is 5.58. The highest BCUT2D eigenvalue weighted by Crippen LogP contribution is 2.38. The number of nitrogens with zero attached hydrogens (tertiary/aromatic N) is 1. The van der Waals surface area contributed by atoms with E-state index in [0.717, 1.165) is 43.8 Å². The Labute approximate surface area is 116 Å². The van der Waals surface area contributed by atoms with Gasteiger partial charge in [-0.25, -0.2) is 0 Å². The highest BCUT2D eigenvalue weighted by Gasteiger charge is 2.36. The fourth-order valence-electron chi connectivity index (χ4n) is 2.92. The lowest BCUT2D eigenvalue weighted by Gasteiger charge is -2.39. The van der Waals surface area contributed by atoms with Crippen LogP contribution in [0.5, 0.6) is 5.75 Å². The zero-order valence-electron chi connectivity index (χ0n) is 12.3. The van der Waals surface area contributed by atoms with Crippen molar-refractivity contribution in [3.63, 3.8) is 0 Å². The van der Waals surface area contributed by atoms with E-state index >= 15 is 0 Å². The standard InChI is InChI=1S/C16H25NO2/c1-4-9-17-10-7-16(18,8-11-17)14-12-13(2)5-6-15(14)19-3/h5-6,12,18H,4,7-11H2,1-3H3. The summed E-state index contributed by atoms with van der Waals surface area (Å²) in [5.41, 5.74) is 1.38. The van der Waals surface area contributed by atoms with Crippen molar-refractivity contribution in [3.8, 4) is 5.75 Å². The van der Waals surface area contributed by atoms with Crippen molar-refractivity contribution in [3.05, 3.63) is 29.3 Å². The van der Waals surface area contributed by atoms with Crippen LogP contribution in [0.2, 0.25) is 0 Å². The lowest BCUT2D eigenvalue weighted by atomic mass is 9.83. The van der Waals surface area contributed by atoms with Gasteiger partial charge in [-0.2, -0.15) is 0 Å². The molecule has 2 rings (SSSR count). The summed E-state index contributed by atoms with van der Waals surface area (Å²) in [7, 11) is 1.67. The summed E-state index contributed by atoms with van der Waals surface area (Å²) >= 11 is 0. The molecule has 0 unspecified atom stereocenters. The Balaban J connectivity index is 2.19. The predicted octanol–water partition coefficient (Wildman–Crippen LogP) is 2.70. The maximum Gasteiger partial charge on any atom is 0.124 e. The molecule has 1 N–H and O–H groups in total.